The van der Waals surface area contributed by atoms with Crippen LogP contribution in [-0.2, 0) is 0 Å². The fourth-order valence-corrected chi connectivity index (χ4v) is 2.16. The molecule has 0 N–H and O–H groups in total. The summed E-state index contributed by atoms with van der Waals surface area (Å²) < 4.78 is 1.22. The predicted octanol–water partition coefficient (Wildman–Crippen LogP) is 2.84. The van der Waals surface area contributed by atoms with Crippen LogP contribution in [0.25, 0.3) is 21.3 Å². The number of hydrogen-bond donors (Lipinski definition) is 0. The predicted molar refractivity (Wildman–Crippen MR) is 54.9 cm³/mol. The second-order valence-electron chi connectivity index (χ2n) is 2.84. The van der Waals surface area contributed by atoms with E-state index < -0.39 is 0 Å². The summed E-state index contributed by atoms with van der Waals surface area (Å²) in [6.45, 7) is 0. The Bertz CT molecular complexity index is 521. The minimum atomic E-state index is 0.827. The third-order valence-electron chi connectivity index (χ3n) is 2.00. The second kappa shape index (κ2) is 2.50. The molecule has 2 nitrogen and oxygen atoms in total. The third kappa shape index (κ3) is 1.01. The first-order chi connectivity index (χ1) is 6.43. The van der Waals surface area contributed by atoms with Crippen LogP contribution < -0.4 is 0 Å². The van der Waals surface area contributed by atoms with Crippen molar-refractivity contribution in [3.8, 4) is 0 Å². The van der Waals surface area contributed by atoms with E-state index in [-0.39, 0.29) is 0 Å². The molecule has 13 heavy (non-hydrogen) atoms. The highest BCUT2D eigenvalue weighted by Crippen LogP contribution is 2.22. The highest BCUT2D eigenvalue weighted by Gasteiger charge is 1.99. The van der Waals surface area contributed by atoms with Gasteiger partial charge in [0.05, 0.1) is 10.2 Å². The van der Waals surface area contributed by atoms with E-state index >= 15 is 0 Å². The first kappa shape index (κ1) is 6.97. The molecule has 0 amide bonds. The summed E-state index contributed by atoms with van der Waals surface area (Å²) in [6, 6.07) is 8.13. The summed E-state index contributed by atoms with van der Waals surface area (Å²) >= 11 is 1.71. The molecular formula is C10H6N2S. The standard InChI is InChI=1S/C10H6N2S/c1-2-7-6-9-8(3-5-13-9)12-10(7)11-4-1/h1-6H. The lowest BCUT2D eigenvalue weighted by Crippen LogP contribution is -1.81. The Morgan fingerprint density at radius 3 is 3.23 bits per heavy atom. The topological polar surface area (TPSA) is 25.8 Å². The molecule has 0 aliphatic rings. The third-order valence-corrected chi connectivity index (χ3v) is 2.86. The molecule has 0 bridgehead atoms. The summed E-state index contributed by atoms with van der Waals surface area (Å²) in [7, 11) is 0. The van der Waals surface area contributed by atoms with Crippen molar-refractivity contribution in [3.05, 3.63) is 35.8 Å². The largest absolute Gasteiger partial charge is 0.237 e. The summed E-state index contributed by atoms with van der Waals surface area (Å²) in [5, 5.41) is 3.16. The summed E-state index contributed by atoms with van der Waals surface area (Å²) in [5.41, 5.74) is 1.87. The Morgan fingerprint density at radius 2 is 2.23 bits per heavy atom. The Labute approximate surface area is 78.9 Å². The van der Waals surface area contributed by atoms with Crippen molar-refractivity contribution < 1.29 is 0 Å². The number of hydrogen-bond acceptors (Lipinski definition) is 3. The Kier molecular flexibility index (Phi) is 1.34. The van der Waals surface area contributed by atoms with Gasteiger partial charge in [-0.15, -0.1) is 11.3 Å². The fourth-order valence-electron chi connectivity index (χ4n) is 1.39. The molecule has 3 aromatic heterocycles. The van der Waals surface area contributed by atoms with Crippen molar-refractivity contribution in [1.29, 1.82) is 0 Å². The van der Waals surface area contributed by atoms with E-state index in [1.54, 1.807) is 17.5 Å². The molecule has 0 spiro atoms. The molecule has 62 valence electrons. The van der Waals surface area contributed by atoms with E-state index in [1.165, 1.54) is 4.70 Å². The number of pyridine rings is 2. The molecule has 3 aromatic rings. The zero-order valence-corrected chi connectivity index (χ0v) is 7.58. The molecule has 0 unspecified atom stereocenters. The monoisotopic (exact) mass is 186 g/mol. The molecule has 0 aromatic carbocycles. The van der Waals surface area contributed by atoms with Gasteiger partial charge in [-0.3, -0.25) is 0 Å². The van der Waals surface area contributed by atoms with Crippen LogP contribution in [0.3, 0.4) is 0 Å². The average molecular weight is 186 g/mol. The van der Waals surface area contributed by atoms with Gasteiger partial charge in [-0.1, -0.05) is 0 Å². The molecular weight excluding hydrogens is 180 g/mol. The van der Waals surface area contributed by atoms with Crippen LogP contribution >= 0.6 is 11.3 Å². The van der Waals surface area contributed by atoms with Crippen LogP contribution in [0, 0.1) is 0 Å². The smallest absolute Gasteiger partial charge is 0.159 e. The van der Waals surface area contributed by atoms with Gasteiger partial charge in [-0.25, -0.2) is 9.97 Å². The molecule has 0 aliphatic carbocycles. The van der Waals surface area contributed by atoms with E-state index in [0.717, 1.165) is 16.6 Å². The molecule has 3 heterocycles. The second-order valence-corrected chi connectivity index (χ2v) is 3.79. The molecule has 0 atom stereocenters. The van der Waals surface area contributed by atoms with Gasteiger partial charge < -0.3 is 0 Å². The molecule has 0 saturated carbocycles. The zero-order chi connectivity index (χ0) is 8.67. The first-order valence-corrected chi connectivity index (χ1v) is 4.90. The summed E-state index contributed by atoms with van der Waals surface area (Å²) in [5.74, 6) is 0. The molecule has 0 fully saturated rings. The van der Waals surface area contributed by atoms with Crippen LogP contribution in [0.4, 0.5) is 0 Å². The quantitative estimate of drug-likeness (QED) is 0.539. The van der Waals surface area contributed by atoms with Crippen molar-refractivity contribution in [2.45, 2.75) is 0 Å². The van der Waals surface area contributed by atoms with Gasteiger partial charge in [0, 0.05) is 11.6 Å². The van der Waals surface area contributed by atoms with E-state index in [0.29, 0.717) is 0 Å². The van der Waals surface area contributed by atoms with Gasteiger partial charge in [0.1, 0.15) is 0 Å². The number of aromatic nitrogens is 2. The number of thiophene rings is 1. The maximum Gasteiger partial charge on any atom is 0.159 e. The lowest BCUT2D eigenvalue weighted by atomic mass is 10.3. The molecule has 0 saturated heterocycles. The van der Waals surface area contributed by atoms with Crippen molar-refractivity contribution in [2.24, 2.45) is 0 Å². The maximum absolute atomic E-state index is 4.44. The van der Waals surface area contributed by atoms with Crippen molar-refractivity contribution in [2.75, 3.05) is 0 Å². The van der Waals surface area contributed by atoms with Crippen molar-refractivity contribution in [1.82, 2.24) is 9.97 Å². The van der Waals surface area contributed by atoms with E-state index in [1.807, 2.05) is 18.2 Å². The van der Waals surface area contributed by atoms with Gasteiger partial charge in [0.2, 0.25) is 0 Å². The lowest BCUT2D eigenvalue weighted by Gasteiger charge is -1.94. The van der Waals surface area contributed by atoms with E-state index in [4.69, 9.17) is 0 Å². The molecule has 3 heteroatoms. The maximum atomic E-state index is 4.44. The highest BCUT2D eigenvalue weighted by atomic mass is 32.1. The average Bonchev–Trinajstić information content (AvgIpc) is 2.61. The molecule has 0 radical (unpaired) electrons. The van der Waals surface area contributed by atoms with Crippen LogP contribution in [0.1, 0.15) is 0 Å². The number of rotatable bonds is 0. The SMILES string of the molecule is c1cnc2nc3ccsc3cc2c1. The minimum Gasteiger partial charge on any atom is -0.237 e. The first-order valence-electron chi connectivity index (χ1n) is 4.02. The van der Waals surface area contributed by atoms with E-state index in [9.17, 15) is 0 Å². The zero-order valence-electron chi connectivity index (χ0n) is 6.77. The Hall–Kier alpha value is -1.48. The van der Waals surface area contributed by atoms with Gasteiger partial charge in [-0.2, -0.15) is 0 Å². The molecule has 3 rings (SSSR count). The van der Waals surface area contributed by atoms with Crippen LogP contribution in [0.15, 0.2) is 35.8 Å². The van der Waals surface area contributed by atoms with Gasteiger partial charge in [-0.05, 0) is 29.6 Å². The normalized spacial score (nSPS) is 11.1. The Balaban J connectivity index is 2.57. The van der Waals surface area contributed by atoms with Gasteiger partial charge in [0.25, 0.3) is 0 Å². The van der Waals surface area contributed by atoms with Crippen LogP contribution in [0.5, 0.6) is 0 Å². The minimum absolute atomic E-state index is 0.827. The summed E-state index contributed by atoms with van der Waals surface area (Å²) in [4.78, 5) is 8.64. The number of nitrogens with zero attached hydrogens (tertiary/aromatic N) is 2. The lowest BCUT2D eigenvalue weighted by molar-refractivity contribution is 1.33. The van der Waals surface area contributed by atoms with Crippen molar-refractivity contribution >= 4 is 32.6 Å². The van der Waals surface area contributed by atoms with Crippen LogP contribution in [-0.4, -0.2) is 9.97 Å². The van der Waals surface area contributed by atoms with Gasteiger partial charge >= 0.3 is 0 Å². The van der Waals surface area contributed by atoms with E-state index in [2.05, 4.69) is 21.4 Å². The fraction of sp³-hybridized carbons (Fsp3) is 0. The highest BCUT2D eigenvalue weighted by molar-refractivity contribution is 7.17. The van der Waals surface area contributed by atoms with Gasteiger partial charge in [0.15, 0.2) is 5.65 Å². The van der Waals surface area contributed by atoms with Crippen LogP contribution in [0.2, 0.25) is 0 Å². The Morgan fingerprint density at radius 1 is 1.23 bits per heavy atom. The molecule has 0 aliphatic heterocycles. The summed E-state index contributed by atoms with van der Waals surface area (Å²) in [6.07, 6.45) is 1.77. The number of fused-ring (bicyclic) bond motifs is 2. The van der Waals surface area contributed by atoms with Crippen molar-refractivity contribution in [3.63, 3.8) is 0 Å².